The van der Waals surface area contributed by atoms with Crippen LogP contribution in [0.25, 0.3) is 0 Å². The van der Waals surface area contributed by atoms with Crippen molar-refractivity contribution in [3.05, 3.63) is 24.2 Å². The van der Waals surface area contributed by atoms with Gasteiger partial charge in [0.2, 0.25) is 0 Å². The predicted molar refractivity (Wildman–Crippen MR) is 80.6 cm³/mol. The Hall–Kier alpha value is -0.450. The van der Waals surface area contributed by atoms with Gasteiger partial charge in [-0.3, -0.25) is 0 Å². The quantitative estimate of drug-likeness (QED) is 0.831. The molecule has 1 aliphatic heterocycles. The fourth-order valence-corrected chi connectivity index (χ4v) is 3.37. The highest BCUT2D eigenvalue weighted by Crippen LogP contribution is 2.21. The first kappa shape index (κ1) is 14.9. The highest BCUT2D eigenvalue weighted by Gasteiger charge is 2.21. The van der Waals surface area contributed by atoms with Crippen LogP contribution in [0.15, 0.2) is 22.8 Å². The molecule has 0 saturated carbocycles. The van der Waals surface area contributed by atoms with Gasteiger partial charge in [0.05, 0.1) is 18.9 Å². The first-order valence-electron chi connectivity index (χ1n) is 7.20. The summed E-state index contributed by atoms with van der Waals surface area (Å²) in [6.07, 6.45) is 4.30. The Kier molecular flexibility index (Phi) is 6.28. The second kappa shape index (κ2) is 7.98. The summed E-state index contributed by atoms with van der Waals surface area (Å²) in [5, 5.41) is 3.69. The molecule has 108 valence electrons. The van der Waals surface area contributed by atoms with Gasteiger partial charge in [0.1, 0.15) is 5.76 Å². The highest BCUT2D eigenvalue weighted by atomic mass is 32.2. The first-order valence-corrected chi connectivity index (χ1v) is 8.36. The SMILES string of the molecule is CC(C)COCC(NC1CCCSC1)c1ccco1. The average Bonchev–Trinajstić information content (AvgIpc) is 2.92. The van der Waals surface area contributed by atoms with Gasteiger partial charge in [0, 0.05) is 18.4 Å². The summed E-state index contributed by atoms with van der Waals surface area (Å²) < 4.78 is 11.3. The molecule has 2 unspecified atom stereocenters. The molecule has 0 aromatic carbocycles. The molecule has 3 nitrogen and oxygen atoms in total. The van der Waals surface area contributed by atoms with Crippen LogP contribution in [-0.4, -0.2) is 30.8 Å². The molecule has 1 aromatic heterocycles. The van der Waals surface area contributed by atoms with Gasteiger partial charge in [-0.25, -0.2) is 0 Å². The summed E-state index contributed by atoms with van der Waals surface area (Å²) in [6, 6.07) is 4.74. The van der Waals surface area contributed by atoms with Crippen LogP contribution >= 0.6 is 11.8 Å². The fraction of sp³-hybridized carbons (Fsp3) is 0.733. The van der Waals surface area contributed by atoms with Crippen molar-refractivity contribution in [2.75, 3.05) is 24.7 Å². The van der Waals surface area contributed by atoms with Crippen LogP contribution in [-0.2, 0) is 4.74 Å². The largest absolute Gasteiger partial charge is 0.468 e. The summed E-state index contributed by atoms with van der Waals surface area (Å²) in [4.78, 5) is 0. The number of hydrogen-bond acceptors (Lipinski definition) is 4. The molecule has 0 aliphatic carbocycles. The van der Waals surface area contributed by atoms with Gasteiger partial charge in [-0.2, -0.15) is 11.8 Å². The second-order valence-electron chi connectivity index (χ2n) is 5.58. The lowest BCUT2D eigenvalue weighted by atomic mass is 10.1. The summed E-state index contributed by atoms with van der Waals surface area (Å²) in [6.45, 7) is 5.84. The molecular formula is C15H25NO2S. The van der Waals surface area contributed by atoms with Gasteiger partial charge >= 0.3 is 0 Å². The maximum Gasteiger partial charge on any atom is 0.123 e. The topological polar surface area (TPSA) is 34.4 Å². The third-order valence-electron chi connectivity index (χ3n) is 3.22. The molecule has 0 spiro atoms. The second-order valence-corrected chi connectivity index (χ2v) is 6.73. The number of rotatable bonds is 7. The molecule has 1 fully saturated rings. The lowest BCUT2D eigenvalue weighted by molar-refractivity contribution is 0.0818. The Labute approximate surface area is 120 Å². The molecule has 2 rings (SSSR count). The van der Waals surface area contributed by atoms with E-state index in [4.69, 9.17) is 9.15 Å². The van der Waals surface area contributed by atoms with E-state index in [0.29, 0.717) is 18.6 Å². The van der Waals surface area contributed by atoms with Crippen molar-refractivity contribution in [1.82, 2.24) is 5.32 Å². The standard InChI is InChI=1S/C15H25NO2S/c1-12(2)9-17-10-14(15-6-3-7-18-15)16-13-5-4-8-19-11-13/h3,6-7,12-14,16H,4-5,8-11H2,1-2H3. The zero-order valence-electron chi connectivity index (χ0n) is 11.9. The normalized spacial score (nSPS) is 21.7. The van der Waals surface area contributed by atoms with Gasteiger partial charge in [0.15, 0.2) is 0 Å². The molecular weight excluding hydrogens is 258 g/mol. The van der Waals surface area contributed by atoms with E-state index in [2.05, 4.69) is 19.2 Å². The molecule has 1 saturated heterocycles. The van der Waals surface area contributed by atoms with E-state index >= 15 is 0 Å². The van der Waals surface area contributed by atoms with E-state index in [1.165, 1.54) is 24.3 Å². The Morgan fingerprint density at radius 2 is 2.37 bits per heavy atom. The van der Waals surface area contributed by atoms with Crippen LogP contribution < -0.4 is 5.32 Å². The van der Waals surface area contributed by atoms with Crippen molar-refractivity contribution in [1.29, 1.82) is 0 Å². The molecule has 2 heterocycles. The third-order valence-corrected chi connectivity index (χ3v) is 4.43. The summed E-state index contributed by atoms with van der Waals surface area (Å²) >= 11 is 2.04. The molecule has 0 radical (unpaired) electrons. The van der Waals surface area contributed by atoms with E-state index in [1.54, 1.807) is 6.26 Å². The maximum atomic E-state index is 5.79. The number of thioether (sulfide) groups is 1. The van der Waals surface area contributed by atoms with E-state index in [-0.39, 0.29) is 6.04 Å². The minimum absolute atomic E-state index is 0.178. The Morgan fingerprint density at radius 3 is 3.00 bits per heavy atom. The number of furan rings is 1. The van der Waals surface area contributed by atoms with Crippen molar-refractivity contribution >= 4 is 11.8 Å². The summed E-state index contributed by atoms with van der Waals surface area (Å²) in [7, 11) is 0. The van der Waals surface area contributed by atoms with E-state index < -0.39 is 0 Å². The monoisotopic (exact) mass is 283 g/mol. The van der Waals surface area contributed by atoms with Gasteiger partial charge in [-0.1, -0.05) is 13.8 Å². The van der Waals surface area contributed by atoms with Gasteiger partial charge < -0.3 is 14.5 Å². The lowest BCUT2D eigenvalue weighted by Crippen LogP contribution is -2.38. The summed E-state index contributed by atoms with van der Waals surface area (Å²) in [5.74, 6) is 4.05. The Morgan fingerprint density at radius 1 is 1.47 bits per heavy atom. The van der Waals surface area contributed by atoms with Crippen LogP contribution in [0.1, 0.15) is 38.5 Å². The van der Waals surface area contributed by atoms with Gasteiger partial charge in [0.25, 0.3) is 0 Å². The molecule has 19 heavy (non-hydrogen) atoms. The molecule has 1 aromatic rings. The highest BCUT2D eigenvalue weighted by molar-refractivity contribution is 7.99. The number of ether oxygens (including phenoxy) is 1. The molecule has 1 aliphatic rings. The number of nitrogens with one attached hydrogen (secondary N) is 1. The fourth-order valence-electron chi connectivity index (χ4n) is 2.28. The lowest BCUT2D eigenvalue weighted by Gasteiger charge is -2.27. The third kappa shape index (κ3) is 5.21. The van der Waals surface area contributed by atoms with Crippen molar-refractivity contribution in [3.8, 4) is 0 Å². The average molecular weight is 283 g/mol. The van der Waals surface area contributed by atoms with E-state index in [9.17, 15) is 0 Å². The molecule has 0 amide bonds. The van der Waals surface area contributed by atoms with Crippen molar-refractivity contribution in [3.63, 3.8) is 0 Å². The Balaban J connectivity index is 1.86. The predicted octanol–water partition coefficient (Wildman–Crippen LogP) is 3.48. The molecule has 2 atom stereocenters. The van der Waals surface area contributed by atoms with Crippen molar-refractivity contribution in [2.45, 2.75) is 38.8 Å². The Bertz CT molecular complexity index is 334. The van der Waals surface area contributed by atoms with Gasteiger partial charge in [-0.05, 0) is 36.6 Å². The van der Waals surface area contributed by atoms with E-state index in [0.717, 1.165) is 12.4 Å². The molecule has 1 N–H and O–H groups in total. The maximum absolute atomic E-state index is 5.79. The zero-order valence-corrected chi connectivity index (χ0v) is 12.7. The summed E-state index contributed by atoms with van der Waals surface area (Å²) in [5.41, 5.74) is 0. The molecule has 0 bridgehead atoms. The van der Waals surface area contributed by atoms with Crippen LogP contribution in [0.4, 0.5) is 0 Å². The zero-order chi connectivity index (χ0) is 13.5. The smallest absolute Gasteiger partial charge is 0.123 e. The first-order chi connectivity index (χ1) is 9.25. The van der Waals surface area contributed by atoms with Crippen molar-refractivity contribution in [2.24, 2.45) is 5.92 Å². The van der Waals surface area contributed by atoms with Crippen LogP contribution in [0, 0.1) is 5.92 Å². The minimum Gasteiger partial charge on any atom is -0.468 e. The minimum atomic E-state index is 0.178. The number of hydrogen-bond donors (Lipinski definition) is 1. The van der Waals surface area contributed by atoms with Crippen LogP contribution in [0.2, 0.25) is 0 Å². The van der Waals surface area contributed by atoms with Gasteiger partial charge in [-0.15, -0.1) is 0 Å². The van der Waals surface area contributed by atoms with E-state index in [1.807, 2.05) is 23.9 Å². The van der Waals surface area contributed by atoms with Crippen LogP contribution in [0.3, 0.4) is 0 Å². The van der Waals surface area contributed by atoms with Crippen LogP contribution in [0.5, 0.6) is 0 Å². The molecule has 4 heteroatoms. The van der Waals surface area contributed by atoms with Crippen molar-refractivity contribution < 1.29 is 9.15 Å².